The summed E-state index contributed by atoms with van der Waals surface area (Å²) in [5.74, 6) is 2.00. The highest BCUT2D eigenvalue weighted by Gasteiger charge is 2.19. The molecule has 1 fully saturated rings. The van der Waals surface area contributed by atoms with Gasteiger partial charge in [0.05, 0.1) is 5.69 Å². The molecule has 2 aromatic rings. The number of hydrogen-bond donors (Lipinski definition) is 1. The van der Waals surface area contributed by atoms with Crippen LogP contribution in [0.25, 0.3) is 11.3 Å². The first-order chi connectivity index (χ1) is 9.74. The maximum Gasteiger partial charge on any atom is 0.133 e. The van der Waals surface area contributed by atoms with Gasteiger partial charge < -0.3 is 5.32 Å². The minimum absolute atomic E-state index is 0.463. The van der Waals surface area contributed by atoms with Crippen molar-refractivity contribution in [2.75, 3.05) is 13.1 Å². The highest BCUT2D eigenvalue weighted by molar-refractivity contribution is 5.59. The van der Waals surface area contributed by atoms with E-state index in [0.717, 1.165) is 31.0 Å². The molecule has 1 saturated heterocycles. The van der Waals surface area contributed by atoms with Crippen molar-refractivity contribution in [3.63, 3.8) is 0 Å². The average molecular weight is 267 g/mol. The van der Waals surface area contributed by atoms with Gasteiger partial charge in [-0.3, -0.25) is 0 Å². The second kappa shape index (κ2) is 5.71. The van der Waals surface area contributed by atoms with E-state index in [4.69, 9.17) is 4.98 Å². The van der Waals surface area contributed by atoms with Gasteiger partial charge in [0, 0.05) is 24.2 Å². The molecule has 0 aliphatic carbocycles. The summed E-state index contributed by atoms with van der Waals surface area (Å²) in [5.41, 5.74) is 3.56. The topological polar surface area (TPSA) is 37.8 Å². The number of aromatic nitrogens is 2. The van der Waals surface area contributed by atoms with E-state index in [0.29, 0.717) is 11.8 Å². The fraction of sp³-hybridized carbons (Fsp3) is 0.412. The van der Waals surface area contributed by atoms with Gasteiger partial charge in [-0.05, 0) is 30.5 Å². The summed E-state index contributed by atoms with van der Waals surface area (Å²) < 4.78 is 0. The third-order valence-electron chi connectivity index (χ3n) is 3.97. The Morgan fingerprint density at radius 3 is 2.60 bits per heavy atom. The largest absolute Gasteiger partial charge is 0.316 e. The Hall–Kier alpha value is -1.74. The number of benzene rings is 1. The van der Waals surface area contributed by atoms with Crippen LogP contribution >= 0.6 is 0 Å². The quantitative estimate of drug-likeness (QED) is 0.926. The molecule has 20 heavy (non-hydrogen) atoms. The summed E-state index contributed by atoms with van der Waals surface area (Å²) >= 11 is 0. The first kappa shape index (κ1) is 13.3. The monoisotopic (exact) mass is 267 g/mol. The van der Waals surface area contributed by atoms with Crippen LogP contribution in [0.1, 0.15) is 43.5 Å². The minimum Gasteiger partial charge on any atom is -0.316 e. The molecule has 1 atom stereocenters. The summed E-state index contributed by atoms with van der Waals surface area (Å²) in [6.07, 6.45) is 3.02. The van der Waals surface area contributed by atoms with Crippen LogP contribution in [0.3, 0.4) is 0 Å². The van der Waals surface area contributed by atoms with Gasteiger partial charge in [0.25, 0.3) is 0 Å². The lowest BCUT2D eigenvalue weighted by Crippen LogP contribution is -2.10. The first-order valence-electron chi connectivity index (χ1n) is 7.38. The molecule has 0 radical (unpaired) electrons. The zero-order valence-electron chi connectivity index (χ0n) is 12.1. The summed E-state index contributed by atoms with van der Waals surface area (Å²) in [6.45, 7) is 6.49. The molecule has 0 amide bonds. The molecule has 1 N–H and O–H groups in total. The van der Waals surface area contributed by atoms with Crippen molar-refractivity contribution in [1.29, 1.82) is 0 Å². The lowest BCUT2D eigenvalue weighted by atomic mass is 10.0. The molecule has 104 valence electrons. The second-order valence-electron chi connectivity index (χ2n) is 5.77. The molecule has 1 unspecified atom stereocenters. The Labute approximate surface area is 120 Å². The van der Waals surface area contributed by atoms with E-state index in [2.05, 4.69) is 48.4 Å². The van der Waals surface area contributed by atoms with Crippen LogP contribution in [0.2, 0.25) is 0 Å². The molecule has 0 bridgehead atoms. The lowest BCUT2D eigenvalue weighted by Gasteiger charge is -2.10. The first-order valence-corrected chi connectivity index (χ1v) is 7.38. The van der Waals surface area contributed by atoms with Crippen molar-refractivity contribution in [1.82, 2.24) is 15.3 Å². The van der Waals surface area contributed by atoms with Gasteiger partial charge in [-0.25, -0.2) is 9.97 Å². The molecule has 0 spiro atoms. The Kier molecular flexibility index (Phi) is 3.79. The Balaban J connectivity index is 1.87. The molecule has 0 saturated carbocycles. The van der Waals surface area contributed by atoms with Gasteiger partial charge >= 0.3 is 0 Å². The SMILES string of the molecule is CC(C)c1ccc(-c2ccnc(C3CCNC3)n2)cc1. The normalized spacial score (nSPS) is 18.6. The van der Waals surface area contributed by atoms with Crippen LogP contribution in [0, 0.1) is 0 Å². The van der Waals surface area contributed by atoms with Crippen LogP contribution in [-0.4, -0.2) is 23.1 Å². The maximum absolute atomic E-state index is 4.75. The number of hydrogen-bond acceptors (Lipinski definition) is 3. The molecule has 1 aromatic heterocycles. The molecule has 1 aliphatic heterocycles. The summed E-state index contributed by atoms with van der Waals surface area (Å²) in [7, 11) is 0. The molecule has 3 rings (SSSR count). The van der Waals surface area contributed by atoms with Gasteiger partial charge in [-0.15, -0.1) is 0 Å². The van der Waals surface area contributed by atoms with Gasteiger partial charge in [-0.2, -0.15) is 0 Å². The van der Waals surface area contributed by atoms with E-state index in [1.54, 1.807) is 0 Å². The molecular formula is C17H21N3. The van der Waals surface area contributed by atoms with E-state index in [-0.39, 0.29) is 0 Å². The van der Waals surface area contributed by atoms with Crippen LogP contribution < -0.4 is 5.32 Å². The smallest absolute Gasteiger partial charge is 0.133 e. The van der Waals surface area contributed by atoms with Crippen LogP contribution in [0.5, 0.6) is 0 Å². The van der Waals surface area contributed by atoms with Crippen molar-refractivity contribution < 1.29 is 0 Å². The molecular weight excluding hydrogens is 246 g/mol. The van der Waals surface area contributed by atoms with Gasteiger partial charge in [0.1, 0.15) is 5.82 Å². The van der Waals surface area contributed by atoms with E-state index in [1.165, 1.54) is 11.1 Å². The zero-order valence-corrected chi connectivity index (χ0v) is 12.1. The maximum atomic E-state index is 4.75. The molecule has 1 aliphatic rings. The Morgan fingerprint density at radius 1 is 1.15 bits per heavy atom. The van der Waals surface area contributed by atoms with E-state index < -0.39 is 0 Å². The fourth-order valence-corrected chi connectivity index (χ4v) is 2.65. The Bertz CT molecular complexity index is 569. The standard InChI is InChI=1S/C17H21N3/c1-12(2)13-3-5-14(6-4-13)16-8-10-19-17(20-16)15-7-9-18-11-15/h3-6,8,10,12,15,18H,7,9,11H2,1-2H3. The van der Waals surface area contributed by atoms with Crippen LogP contribution in [-0.2, 0) is 0 Å². The average Bonchev–Trinajstić information content (AvgIpc) is 3.02. The van der Waals surface area contributed by atoms with Gasteiger partial charge in [0.2, 0.25) is 0 Å². The zero-order chi connectivity index (χ0) is 13.9. The molecule has 1 aromatic carbocycles. The highest BCUT2D eigenvalue weighted by atomic mass is 15.0. The third kappa shape index (κ3) is 2.73. The van der Waals surface area contributed by atoms with E-state index in [9.17, 15) is 0 Å². The van der Waals surface area contributed by atoms with E-state index >= 15 is 0 Å². The van der Waals surface area contributed by atoms with Crippen molar-refractivity contribution in [2.45, 2.75) is 32.1 Å². The van der Waals surface area contributed by atoms with Crippen LogP contribution in [0.4, 0.5) is 0 Å². The highest BCUT2D eigenvalue weighted by Crippen LogP contribution is 2.24. The second-order valence-corrected chi connectivity index (χ2v) is 5.77. The summed E-state index contributed by atoms with van der Waals surface area (Å²) in [6, 6.07) is 10.7. The predicted molar refractivity (Wildman–Crippen MR) is 81.8 cm³/mol. The summed E-state index contributed by atoms with van der Waals surface area (Å²) in [4.78, 5) is 9.19. The number of rotatable bonds is 3. The van der Waals surface area contributed by atoms with Crippen molar-refractivity contribution in [2.24, 2.45) is 0 Å². The van der Waals surface area contributed by atoms with Crippen LogP contribution in [0.15, 0.2) is 36.5 Å². The van der Waals surface area contributed by atoms with E-state index in [1.807, 2.05) is 12.3 Å². The molecule has 3 nitrogen and oxygen atoms in total. The fourth-order valence-electron chi connectivity index (χ4n) is 2.65. The Morgan fingerprint density at radius 2 is 1.95 bits per heavy atom. The number of nitrogens with one attached hydrogen (secondary N) is 1. The lowest BCUT2D eigenvalue weighted by molar-refractivity contribution is 0.703. The van der Waals surface area contributed by atoms with Gasteiger partial charge in [-0.1, -0.05) is 38.1 Å². The van der Waals surface area contributed by atoms with Crippen molar-refractivity contribution in [3.05, 3.63) is 47.9 Å². The molecule has 3 heteroatoms. The third-order valence-corrected chi connectivity index (χ3v) is 3.97. The van der Waals surface area contributed by atoms with Gasteiger partial charge in [0.15, 0.2) is 0 Å². The summed E-state index contributed by atoms with van der Waals surface area (Å²) in [5, 5.41) is 3.37. The predicted octanol–water partition coefficient (Wildman–Crippen LogP) is 3.34. The number of nitrogens with zero attached hydrogens (tertiary/aromatic N) is 2. The van der Waals surface area contributed by atoms with Crippen molar-refractivity contribution in [3.8, 4) is 11.3 Å². The van der Waals surface area contributed by atoms with Crippen molar-refractivity contribution >= 4 is 0 Å². The molecule has 2 heterocycles. The minimum atomic E-state index is 0.463.